The maximum atomic E-state index is 9.55. The number of carboxylic acids is 2. The minimum atomic E-state index is -1.26. The summed E-state index contributed by atoms with van der Waals surface area (Å²) in [5, 5.41) is 20.1. The molecular formula is C22H31ClN2O4. The van der Waals surface area contributed by atoms with Crippen LogP contribution in [0.2, 0.25) is 5.02 Å². The Morgan fingerprint density at radius 2 is 1.72 bits per heavy atom. The summed E-state index contributed by atoms with van der Waals surface area (Å²) >= 11 is 6.38. The van der Waals surface area contributed by atoms with E-state index in [0.717, 1.165) is 30.6 Å². The van der Waals surface area contributed by atoms with E-state index >= 15 is 0 Å². The lowest BCUT2D eigenvalue weighted by Crippen LogP contribution is -2.40. The molecule has 160 valence electrons. The van der Waals surface area contributed by atoms with Gasteiger partial charge in [-0.1, -0.05) is 49.1 Å². The van der Waals surface area contributed by atoms with Crippen LogP contribution in [0.15, 0.2) is 36.4 Å². The molecule has 0 bridgehead atoms. The summed E-state index contributed by atoms with van der Waals surface area (Å²) in [6, 6.07) is 9.01. The standard InChI is InChI=1S/C18H27ClN2.C4H4O4/c19-18-9-5-4-8-16(18)14-21(17-10-11-20-12-17)13-15-6-2-1-3-7-15;5-3(6)1-2-4(7)8/h4-5,8-9,15,17,20H,1-3,6-7,10-14H2;1-2H,(H,5,6)(H,7,8)/t17-;/m0./s1. The van der Waals surface area contributed by atoms with Gasteiger partial charge in [0.25, 0.3) is 0 Å². The van der Waals surface area contributed by atoms with Crippen LogP contribution in [0, 0.1) is 5.92 Å². The third kappa shape index (κ3) is 8.98. The average molecular weight is 423 g/mol. The predicted octanol–water partition coefficient (Wildman–Crippen LogP) is 3.80. The fourth-order valence-corrected chi connectivity index (χ4v) is 4.18. The molecular weight excluding hydrogens is 392 g/mol. The van der Waals surface area contributed by atoms with Gasteiger partial charge in [-0.15, -0.1) is 0 Å². The second-order valence-corrected chi connectivity index (χ2v) is 8.09. The van der Waals surface area contributed by atoms with Gasteiger partial charge in [0, 0.05) is 42.9 Å². The molecule has 1 aliphatic carbocycles. The molecule has 3 rings (SSSR count). The number of hydrogen-bond acceptors (Lipinski definition) is 4. The van der Waals surface area contributed by atoms with E-state index in [1.54, 1.807) is 0 Å². The molecule has 1 saturated heterocycles. The summed E-state index contributed by atoms with van der Waals surface area (Å²) in [5.74, 6) is -1.62. The number of nitrogens with one attached hydrogen (secondary N) is 1. The zero-order valence-corrected chi connectivity index (χ0v) is 17.5. The first kappa shape index (κ1) is 23.4. The van der Waals surface area contributed by atoms with Crippen LogP contribution in [0.4, 0.5) is 0 Å². The zero-order valence-electron chi connectivity index (χ0n) is 16.7. The van der Waals surface area contributed by atoms with Crippen molar-refractivity contribution in [3.63, 3.8) is 0 Å². The minimum Gasteiger partial charge on any atom is -0.478 e. The van der Waals surface area contributed by atoms with Crippen LogP contribution in [0.5, 0.6) is 0 Å². The molecule has 0 amide bonds. The Bertz CT molecular complexity index is 667. The third-order valence-corrected chi connectivity index (χ3v) is 5.84. The number of nitrogens with zero attached hydrogens (tertiary/aromatic N) is 1. The van der Waals surface area contributed by atoms with Gasteiger partial charge >= 0.3 is 11.9 Å². The number of halogens is 1. The molecule has 1 aromatic rings. The number of carbonyl (C=O) groups is 2. The molecule has 6 nitrogen and oxygen atoms in total. The molecule has 0 radical (unpaired) electrons. The first-order chi connectivity index (χ1) is 14.0. The molecule has 1 aromatic carbocycles. The second kappa shape index (κ2) is 12.6. The van der Waals surface area contributed by atoms with E-state index in [-0.39, 0.29) is 0 Å². The fourth-order valence-electron chi connectivity index (χ4n) is 3.98. The van der Waals surface area contributed by atoms with Gasteiger partial charge in [0.15, 0.2) is 0 Å². The van der Waals surface area contributed by atoms with Crippen molar-refractivity contribution in [3.8, 4) is 0 Å². The Morgan fingerprint density at radius 3 is 2.28 bits per heavy atom. The lowest BCUT2D eigenvalue weighted by Gasteiger charge is -2.34. The Morgan fingerprint density at radius 1 is 1.07 bits per heavy atom. The summed E-state index contributed by atoms with van der Waals surface area (Å²) < 4.78 is 0. The molecule has 1 heterocycles. The number of hydrogen-bond donors (Lipinski definition) is 3. The van der Waals surface area contributed by atoms with E-state index < -0.39 is 11.9 Å². The van der Waals surface area contributed by atoms with Gasteiger partial charge in [-0.25, -0.2) is 9.59 Å². The van der Waals surface area contributed by atoms with Gasteiger partial charge in [-0.2, -0.15) is 0 Å². The maximum Gasteiger partial charge on any atom is 0.328 e. The van der Waals surface area contributed by atoms with Crippen molar-refractivity contribution in [2.75, 3.05) is 19.6 Å². The number of carboxylic acid groups (broad SMARTS) is 2. The largest absolute Gasteiger partial charge is 0.478 e. The molecule has 29 heavy (non-hydrogen) atoms. The van der Waals surface area contributed by atoms with Crippen molar-refractivity contribution in [3.05, 3.63) is 47.0 Å². The van der Waals surface area contributed by atoms with E-state index in [2.05, 4.69) is 22.3 Å². The van der Waals surface area contributed by atoms with Crippen LogP contribution in [-0.4, -0.2) is 52.7 Å². The van der Waals surface area contributed by atoms with Gasteiger partial charge in [0.05, 0.1) is 0 Å². The molecule has 7 heteroatoms. The van der Waals surface area contributed by atoms with Crippen molar-refractivity contribution in [2.24, 2.45) is 5.92 Å². The fraction of sp³-hybridized carbons (Fsp3) is 0.545. The summed E-state index contributed by atoms with van der Waals surface area (Å²) in [4.78, 5) is 21.8. The van der Waals surface area contributed by atoms with Gasteiger partial charge in [-0.05, 0) is 43.4 Å². The molecule has 1 saturated carbocycles. The second-order valence-electron chi connectivity index (χ2n) is 7.68. The molecule has 0 unspecified atom stereocenters. The first-order valence-corrected chi connectivity index (χ1v) is 10.7. The van der Waals surface area contributed by atoms with Gasteiger partial charge in [-0.3, -0.25) is 4.90 Å². The van der Waals surface area contributed by atoms with Crippen molar-refractivity contribution in [1.82, 2.24) is 10.2 Å². The highest BCUT2D eigenvalue weighted by molar-refractivity contribution is 6.31. The summed E-state index contributed by atoms with van der Waals surface area (Å²) in [6.45, 7) is 4.55. The van der Waals surface area contributed by atoms with E-state index in [0.29, 0.717) is 18.2 Å². The lowest BCUT2D eigenvalue weighted by molar-refractivity contribution is -0.134. The van der Waals surface area contributed by atoms with Crippen LogP contribution in [0.1, 0.15) is 44.1 Å². The first-order valence-electron chi connectivity index (χ1n) is 10.3. The van der Waals surface area contributed by atoms with Crippen molar-refractivity contribution < 1.29 is 19.8 Å². The minimum absolute atomic E-state index is 0.558. The summed E-state index contributed by atoms with van der Waals surface area (Å²) in [6.07, 6.45) is 9.51. The van der Waals surface area contributed by atoms with E-state index in [1.165, 1.54) is 50.6 Å². The smallest absolute Gasteiger partial charge is 0.328 e. The number of rotatable bonds is 7. The highest BCUT2D eigenvalue weighted by Gasteiger charge is 2.26. The SMILES string of the molecule is Clc1ccccc1CN(CC1CCCCC1)[C@H]1CCNC1.O=C(O)C=CC(=O)O. The predicted molar refractivity (Wildman–Crippen MR) is 114 cm³/mol. The van der Waals surface area contributed by atoms with Crippen LogP contribution >= 0.6 is 11.6 Å². The van der Waals surface area contributed by atoms with Crippen LogP contribution in [0.3, 0.4) is 0 Å². The van der Waals surface area contributed by atoms with Crippen molar-refractivity contribution in [2.45, 2.75) is 51.1 Å². The Labute approximate surface area is 177 Å². The van der Waals surface area contributed by atoms with E-state index in [4.69, 9.17) is 21.8 Å². The monoisotopic (exact) mass is 422 g/mol. The summed E-state index contributed by atoms with van der Waals surface area (Å²) in [5.41, 5.74) is 1.28. The van der Waals surface area contributed by atoms with Crippen LogP contribution in [0.25, 0.3) is 0 Å². The number of aliphatic carboxylic acids is 2. The Hall–Kier alpha value is -1.89. The molecule has 2 aliphatic rings. The van der Waals surface area contributed by atoms with E-state index in [1.807, 2.05) is 12.1 Å². The van der Waals surface area contributed by atoms with Crippen LogP contribution < -0.4 is 5.32 Å². The quantitative estimate of drug-likeness (QED) is 0.579. The van der Waals surface area contributed by atoms with Crippen molar-refractivity contribution >= 4 is 23.5 Å². The topological polar surface area (TPSA) is 89.9 Å². The summed E-state index contributed by atoms with van der Waals surface area (Å²) in [7, 11) is 0. The van der Waals surface area contributed by atoms with Gasteiger partial charge in [0.1, 0.15) is 0 Å². The highest BCUT2D eigenvalue weighted by Crippen LogP contribution is 2.27. The highest BCUT2D eigenvalue weighted by atomic mass is 35.5. The maximum absolute atomic E-state index is 9.55. The molecule has 1 atom stereocenters. The zero-order chi connectivity index (χ0) is 21.1. The van der Waals surface area contributed by atoms with Gasteiger partial charge < -0.3 is 15.5 Å². The molecule has 0 aromatic heterocycles. The molecule has 1 aliphatic heterocycles. The van der Waals surface area contributed by atoms with E-state index in [9.17, 15) is 9.59 Å². The van der Waals surface area contributed by atoms with Crippen LogP contribution in [-0.2, 0) is 16.1 Å². The van der Waals surface area contributed by atoms with Gasteiger partial charge in [0.2, 0.25) is 0 Å². The third-order valence-electron chi connectivity index (χ3n) is 5.47. The average Bonchev–Trinajstić information content (AvgIpc) is 3.24. The Balaban J connectivity index is 0.000000321. The van der Waals surface area contributed by atoms with Crippen molar-refractivity contribution in [1.29, 1.82) is 0 Å². The normalized spacial score (nSPS) is 19.9. The lowest BCUT2D eigenvalue weighted by atomic mass is 9.88. The molecule has 3 N–H and O–H groups in total. The molecule has 0 spiro atoms. The number of benzene rings is 1. The Kier molecular flexibility index (Phi) is 10.2. The molecule has 2 fully saturated rings.